The van der Waals surface area contributed by atoms with Crippen molar-refractivity contribution < 1.29 is 14.7 Å². The number of likely N-dealkylation sites (N-methyl/N-ethyl adjacent to an activating group) is 1. The number of carbonyl (C=O) groups is 2. The Kier molecular flexibility index (Phi) is 4.75. The van der Waals surface area contributed by atoms with Crippen LogP contribution in [0.2, 0.25) is 0 Å². The lowest BCUT2D eigenvalue weighted by atomic mass is 10.0. The number of amides is 1. The van der Waals surface area contributed by atoms with Gasteiger partial charge in [-0.25, -0.2) is 4.79 Å². The van der Waals surface area contributed by atoms with Gasteiger partial charge in [0, 0.05) is 37.8 Å². The number of carbonyl (C=O) groups excluding carboxylic acids is 1. The van der Waals surface area contributed by atoms with Crippen LogP contribution >= 0.6 is 0 Å². The van der Waals surface area contributed by atoms with Crippen LogP contribution in [0.4, 0.5) is 0 Å². The molecule has 5 nitrogen and oxygen atoms in total. The maximum Gasteiger partial charge on any atom is 0.328 e. The lowest BCUT2D eigenvalue weighted by Gasteiger charge is -2.32. The molecule has 0 radical (unpaired) electrons. The van der Waals surface area contributed by atoms with E-state index < -0.39 is 5.97 Å². The average molecular weight is 288 g/mol. The third-order valence-electron chi connectivity index (χ3n) is 3.72. The van der Waals surface area contributed by atoms with Gasteiger partial charge in [0.2, 0.25) is 0 Å². The van der Waals surface area contributed by atoms with E-state index in [2.05, 4.69) is 4.90 Å². The second-order valence-electron chi connectivity index (χ2n) is 5.34. The number of rotatable bonds is 3. The molecule has 1 heterocycles. The maximum atomic E-state index is 12.4. The number of nitrogens with zero attached hydrogens (tertiary/aromatic N) is 2. The third-order valence-corrected chi connectivity index (χ3v) is 3.72. The third kappa shape index (κ3) is 3.92. The zero-order chi connectivity index (χ0) is 15.4. The van der Waals surface area contributed by atoms with Gasteiger partial charge in [-0.1, -0.05) is 12.1 Å². The van der Waals surface area contributed by atoms with Gasteiger partial charge in [-0.15, -0.1) is 0 Å². The van der Waals surface area contributed by atoms with E-state index >= 15 is 0 Å². The van der Waals surface area contributed by atoms with Crippen molar-refractivity contribution in [3.05, 3.63) is 41.5 Å². The van der Waals surface area contributed by atoms with Crippen LogP contribution in [0.1, 0.15) is 22.8 Å². The average Bonchev–Trinajstić information content (AvgIpc) is 2.47. The molecule has 2 rings (SSSR count). The highest BCUT2D eigenvalue weighted by Gasteiger charge is 2.20. The highest BCUT2D eigenvalue weighted by Crippen LogP contribution is 2.16. The Morgan fingerprint density at radius 2 is 1.57 bits per heavy atom. The number of benzene rings is 1. The Labute approximate surface area is 124 Å². The summed E-state index contributed by atoms with van der Waals surface area (Å²) >= 11 is 0. The fourth-order valence-electron chi connectivity index (χ4n) is 2.34. The molecule has 21 heavy (non-hydrogen) atoms. The molecule has 0 spiro atoms. The molecular formula is C16H20N2O3. The summed E-state index contributed by atoms with van der Waals surface area (Å²) in [6.45, 7) is 5.02. The van der Waals surface area contributed by atoms with Crippen molar-refractivity contribution in [2.45, 2.75) is 6.92 Å². The molecular weight excluding hydrogens is 268 g/mol. The van der Waals surface area contributed by atoms with Crippen molar-refractivity contribution in [2.24, 2.45) is 0 Å². The first-order valence-corrected chi connectivity index (χ1v) is 6.97. The Balaban J connectivity index is 2.08. The molecule has 0 unspecified atom stereocenters. The first kappa shape index (κ1) is 15.3. The monoisotopic (exact) mass is 288 g/mol. The molecule has 0 bridgehead atoms. The minimum atomic E-state index is -0.968. The zero-order valence-corrected chi connectivity index (χ0v) is 12.4. The van der Waals surface area contributed by atoms with Gasteiger partial charge >= 0.3 is 5.97 Å². The molecule has 5 heteroatoms. The van der Waals surface area contributed by atoms with Crippen molar-refractivity contribution in [2.75, 3.05) is 33.2 Å². The molecule has 112 valence electrons. The molecule has 0 aromatic heterocycles. The summed E-state index contributed by atoms with van der Waals surface area (Å²) < 4.78 is 0. The zero-order valence-electron chi connectivity index (χ0n) is 12.4. The van der Waals surface area contributed by atoms with E-state index in [0.29, 0.717) is 11.1 Å². The first-order valence-electron chi connectivity index (χ1n) is 6.97. The molecule has 1 aromatic rings. The molecule has 1 aliphatic rings. The number of hydrogen-bond acceptors (Lipinski definition) is 3. The van der Waals surface area contributed by atoms with Gasteiger partial charge in [-0.3, -0.25) is 4.79 Å². The summed E-state index contributed by atoms with van der Waals surface area (Å²) in [7, 11) is 2.05. The Bertz CT molecular complexity index is 555. The predicted molar refractivity (Wildman–Crippen MR) is 81.1 cm³/mol. The smallest absolute Gasteiger partial charge is 0.328 e. The molecule has 1 aliphatic heterocycles. The summed E-state index contributed by atoms with van der Waals surface area (Å²) in [5, 5.41) is 8.74. The van der Waals surface area contributed by atoms with Gasteiger partial charge < -0.3 is 14.9 Å². The molecule has 1 fully saturated rings. The quantitative estimate of drug-likeness (QED) is 0.858. The number of carboxylic acids is 1. The number of carboxylic acid groups (broad SMARTS) is 1. The summed E-state index contributed by atoms with van der Waals surface area (Å²) in [6.07, 6.45) is 1.16. The molecule has 0 saturated carbocycles. The van der Waals surface area contributed by atoms with E-state index in [1.807, 2.05) is 11.9 Å². The number of hydrogen-bond donors (Lipinski definition) is 1. The van der Waals surface area contributed by atoms with Crippen molar-refractivity contribution in [1.29, 1.82) is 0 Å². The van der Waals surface area contributed by atoms with E-state index in [9.17, 15) is 9.59 Å². The van der Waals surface area contributed by atoms with Gasteiger partial charge in [0.15, 0.2) is 0 Å². The summed E-state index contributed by atoms with van der Waals surface area (Å²) in [4.78, 5) is 27.1. The minimum Gasteiger partial charge on any atom is -0.478 e. The molecule has 0 aliphatic carbocycles. The predicted octanol–water partition coefficient (Wildman–Crippen LogP) is 1.56. The van der Waals surface area contributed by atoms with Crippen LogP contribution in [0.3, 0.4) is 0 Å². The second kappa shape index (κ2) is 6.54. The summed E-state index contributed by atoms with van der Waals surface area (Å²) in [6, 6.07) is 7.10. The number of piperazine rings is 1. The van der Waals surface area contributed by atoms with Gasteiger partial charge in [-0.2, -0.15) is 0 Å². The molecule has 1 amide bonds. The van der Waals surface area contributed by atoms with Crippen molar-refractivity contribution in [1.82, 2.24) is 9.80 Å². The van der Waals surface area contributed by atoms with Crippen molar-refractivity contribution >= 4 is 17.4 Å². The van der Waals surface area contributed by atoms with Crippen molar-refractivity contribution in [3.63, 3.8) is 0 Å². The molecule has 0 atom stereocenters. The minimum absolute atomic E-state index is 0.0366. The van der Waals surface area contributed by atoms with Crippen LogP contribution in [-0.2, 0) is 4.79 Å². The number of allylic oxidation sites excluding steroid dienone is 1. The topological polar surface area (TPSA) is 60.9 Å². The summed E-state index contributed by atoms with van der Waals surface area (Å²) in [5.74, 6) is -0.931. The van der Waals surface area contributed by atoms with E-state index in [1.54, 1.807) is 31.2 Å². The largest absolute Gasteiger partial charge is 0.478 e. The lowest BCUT2D eigenvalue weighted by molar-refractivity contribution is -0.131. The van der Waals surface area contributed by atoms with Crippen LogP contribution in [-0.4, -0.2) is 60.0 Å². The lowest BCUT2D eigenvalue weighted by Crippen LogP contribution is -2.47. The van der Waals surface area contributed by atoms with Gasteiger partial charge in [-0.05, 0) is 37.2 Å². The molecule has 1 aromatic carbocycles. The fourth-order valence-corrected chi connectivity index (χ4v) is 2.34. The normalized spacial score (nSPS) is 16.9. The van der Waals surface area contributed by atoms with Gasteiger partial charge in [0.05, 0.1) is 0 Å². The second-order valence-corrected chi connectivity index (χ2v) is 5.34. The van der Waals surface area contributed by atoms with E-state index in [-0.39, 0.29) is 5.91 Å². The standard InChI is InChI=1S/C16H20N2O3/c1-12(11-15(19)20)13-3-5-14(6-4-13)16(21)18-9-7-17(2)8-10-18/h3-6,11H,7-10H2,1-2H3,(H,19,20)/b12-11+. The van der Waals surface area contributed by atoms with Crippen LogP contribution in [0, 0.1) is 0 Å². The fraction of sp³-hybridized carbons (Fsp3) is 0.375. The van der Waals surface area contributed by atoms with Crippen LogP contribution in [0.15, 0.2) is 30.3 Å². The SMILES string of the molecule is C/C(=C\C(=O)O)c1ccc(C(=O)N2CCN(C)CC2)cc1. The summed E-state index contributed by atoms with van der Waals surface area (Å²) in [5.41, 5.74) is 2.12. The van der Waals surface area contributed by atoms with E-state index in [1.165, 1.54) is 0 Å². The Morgan fingerprint density at radius 1 is 1.05 bits per heavy atom. The van der Waals surface area contributed by atoms with E-state index in [4.69, 9.17) is 5.11 Å². The Hall–Kier alpha value is -2.14. The maximum absolute atomic E-state index is 12.4. The molecule has 1 N–H and O–H groups in total. The van der Waals surface area contributed by atoms with Crippen molar-refractivity contribution in [3.8, 4) is 0 Å². The first-order chi connectivity index (χ1) is 9.97. The highest BCUT2D eigenvalue weighted by atomic mass is 16.4. The van der Waals surface area contributed by atoms with Crippen LogP contribution < -0.4 is 0 Å². The highest BCUT2D eigenvalue weighted by molar-refractivity contribution is 5.95. The molecule has 1 saturated heterocycles. The Morgan fingerprint density at radius 3 is 2.10 bits per heavy atom. The van der Waals surface area contributed by atoms with Crippen LogP contribution in [0.25, 0.3) is 5.57 Å². The van der Waals surface area contributed by atoms with Gasteiger partial charge in [0.25, 0.3) is 5.91 Å². The van der Waals surface area contributed by atoms with Crippen LogP contribution in [0.5, 0.6) is 0 Å². The number of aliphatic carboxylic acids is 1. The van der Waals surface area contributed by atoms with Gasteiger partial charge in [0.1, 0.15) is 0 Å². The van der Waals surface area contributed by atoms with E-state index in [0.717, 1.165) is 37.8 Å².